The summed E-state index contributed by atoms with van der Waals surface area (Å²) in [5, 5.41) is 3.08. The van der Waals surface area contributed by atoms with E-state index in [0.29, 0.717) is 25.2 Å². The summed E-state index contributed by atoms with van der Waals surface area (Å²) in [7, 11) is -3.43. The van der Waals surface area contributed by atoms with Gasteiger partial charge in [-0.3, -0.25) is 0 Å². The highest BCUT2D eigenvalue weighted by Gasteiger charge is 2.30. The van der Waals surface area contributed by atoms with E-state index in [1.54, 1.807) is 30.3 Å². The van der Waals surface area contributed by atoms with Crippen molar-refractivity contribution in [2.75, 3.05) is 13.1 Å². The first-order chi connectivity index (χ1) is 12.8. The van der Waals surface area contributed by atoms with Crippen LogP contribution in [0.25, 0.3) is 0 Å². The van der Waals surface area contributed by atoms with Gasteiger partial charge in [0.2, 0.25) is 10.0 Å². The number of sulfonamides is 1. The molecule has 0 unspecified atom stereocenters. The van der Waals surface area contributed by atoms with Crippen LogP contribution < -0.4 is 5.32 Å². The van der Waals surface area contributed by atoms with Crippen LogP contribution in [-0.2, 0) is 29.3 Å². The molecule has 0 aromatic heterocycles. The zero-order chi connectivity index (χ0) is 19.5. The van der Waals surface area contributed by atoms with Crippen molar-refractivity contribution in [3.8, 4) is 0 Å². The zero-order valence-electron chi connectivity index (χ0n) is 14.7. The van der Waals surface area contributed by atoms with Crippen LogP contribution in [0.5, 0.6) is 0 Å². The maximum Gasteiger partial charge on any atom is 0.416 e. The van der Waals surface area contributed by atoms with Gasteiger partial charge in [0.25, 0.3) is 0 Å². The van der Waals surface area contributed by atoms with Crippen LogP contribution >= 0.6 is 0 Å². The molecule has 27 heavy (non-hydrogen) atoms. The lowest BCUT2D eigenvalue weighted by atomic mass is 10.1. The van der Waals surface area contributed by atoms with Crippen molar-refractivity contribution >= 4 is 10.0 Å². The van der Waals surface area contributed by atoms with E-state index >= 15 is 0 Å². The molecule has 2 aromatic rings. The van der Waals surface area contributed by atoms with Crippen LogP contribution in [-0.4, -0.2) is 25.8 Å². The average Bonchev–Trinajstić information content (AvgIpc) is 3.17. The van der Waals surface area contributed by atoms with Gasteiger partial charge < -0.3 is 5.32 Å². The molecule has 0 spiro atoms. The number of hydrogen-bond donors (Lipinski definition) is 1. The Kier molecular flexibility index (Phi) is 5.88. The first-order valence-corrected chi connectivity index (χ1v) is 10.2. The smallest absolute Gasteiger partial charge is 0.309 e. The third-order valence-electron chi connectivity index (χ3n) is 4.54. The zero-order valence-corrected chi connectivity index (χ0v) is 15.5. The summed E-state index contributed by atoms with van der Waals surface area (Å²) in [5.74, 6) is 0. The highest BCUT2D eigenvalue weighted by Crippen LogP contribution is 2.29. The van der Waals surface area contributed by atoms with Gasteiger partial charge >= 0.3 is 6.18 Å². The van der Waals surface area contributed by atoms with Gasteiger partial charge in [-0.1, -0.05) is 30.3 Å². The van der Waals surface area contributed by atoms with Crippen molar-refractivity contribution in [2.24, 2.45) is 0 Å². The quantitative estimate of drug-likeness (QED) is 0.806. The van der Waals surface area contributed by atoms with E-state index in [0.717, 1.165) is 30.5 Å². The summed E-state index contributed by atoms with van der Waals surface area (Å²) in [6.45, 7) is 1.84. The lowest BCUT2D eigenvalue weighted by Crippen LogP contribution is -2.27. The van der Waals surface area contributed by atoms with Crippen molar-refractivity contribution in [1.29, 1.82) is 0 Å². The van der Waals surface area contributed by atoms with Crippen molar-refractivity contribution in [3.05, 3.63) is 65.2 Å². The molecule has 3 rings (SSSR count). The maximum atomic E-state index is 12.7. The van der Waals surface area contributed by atoms with Crippen LogP contribution in [0, 0.1) is 0 Å². The predicted octanol–water partition coefficient (Wildman–Crippen LogP) is 3.78. The predicted molar refractivity (Wildman–Crippen MR) is 96.4 cm³/mol. The summed E-state index contributed by atoms with van der Waals surface area (Å²) in [4.78, 5) is 0.269. The molecular formula is C19H21F3N2O2S. The Morgan fingerprint density at radius 1 is 0.926 bits per heavy atom. The first-order valence-electron chi connectivity index (χ1n) is 8.73. The van der Waals surface area contributed by atoms with Crippen molar-refractivity contribution < 1.29 is 21.6 Å². The molecule has 4 nitrogen and oxygen atoms in total. The van der Waals surface area contributed by atoms with Gasteiger partial charge in [0.15, 0.2) is 0 Å². The van der Waals surface area contributed by atoms with E-state index in [1.807, 2.05) is 0 Å². The summed E-state index contributed by atoms with van der Waals surface area (Å²) in [6.07, 6.45) is -2.58. The van der Waals surface area contributed by atoms with Gasteiger partial charge in [0.05, 0.1) is 10.5 Å². The fourth-order valence-electron chi connectivity index (χ4n) is 3.07. The Labute approximate surface area is 157 Å². The Hall–Kier alpha value is -1.90. The molecule has 0 radical (unpaired) electrons. The molecular weight excluding hydrogens is 377 g/mol. The Morgan fingerprint density at radius 3 is 2.19 bits per heavy atom. The lowest BCUT2D eigenvalue weighted by Gasteiger charge is -2.15. The van der Waals surface area contributed by atoms with Crippen LogP contribution in [0.4, 0.5) is 13.2 Å². The van der Waals surface area contributed by atoms with Crippen LogP contribution in [0.3, 0.4) is 0 Å². The number of halogens is 3. The topological polar surface area (TPSA) is 49.4 Å². The maximum absolute atomic E-state index is 12.7. The Morgan fingerprint density at radius 2 is 1.56 bits per heavy atom. The molecule has 0 saturated carbocycles. The third-order valence-corrected chi connectivity index (χ3v) is 6.45. The molecule has 146 valence electrons. The van der Waals surface area contributed by atoms with Gasteiger partial charge in [-0.2, -0.15) is 17.5 Å². The molecule has 1 heterocycles. The molecule has 1 fully saturated rings. The van der Waals surface area contributed by atoms with Gasteiger partial charge in [0.1, 0.15) is 0 Å². The standard InChI is InChI=1S/C19H21F3N2O2S/c20-19(21,22)17-5-3-4-16(12-17)14-23-13-15-6-8-18(9-7-15)27(25,26)24-10-1-2-11-24/h3-9,12,23H,1-2,10-11,13-14H2. The van der Waals surface area contributed by atoms with Crippen molar-refractivity contribution in [2.45, 2.75) is 37.0 Å². The fourth-order valence-corrected chi connectivity index (χ4v) is 4.58. The second-order valence-electron chi connectivity index (χ2n) is 6.56. The monoisotopic (exact) mass is 398 g/mol. The molecule has 1 aliphatic heterocycles. The van der Waals surface area contributed by atoms with Crippen LogP contribution in [0.15, 0.2) is 53.4 Å². The molecule has 8 heteroatoms. The highest BCUT2D eigenvalue weighted by molar-refractivity contribution is 7.89. The largest absolute Gasteiger partial charge is 0.416 e. The van der Waals surface area contributed by atoms with Gasteiger partial charge in [-0.15, -0.1) is 0 Å². The van der Waals surface area contributed by atoms with Crippen molar-refractivity contribution in [1.82, 2.24) is 9.62 Å². The van der Waals surface area contributed by atoms with Gasteiger partial charge in [0, 0.05) is 26.2 Å². The van der Waals surface area contributed by atoms with E-state index in [9.17, 15) is 21.6 Å². The normalized spacial score (nSPS) is 16.0. The molecule has 2 aromatic carbocycles. The minimum absolute atomic E-state index is 0.269. The lowest BCUT2D eigenvalue weighted by molar-refractivity contribution is -0.137. The summed E-state index contributed by atoms with van der Waals surface area (Å²) >= 11 is 0. The number of hydrogen-bond acceptors (Lipinski definition) is 3. The number of alkyl halides is 3. The number of nitrogens with one attached hydrogen (secondary N) is 1. The SMILES string of the molecule is O=S(=O)(c1ccc(CNCc2cccc(C(F)(F)F)c2)cc1)N1CCCC1. The second-order valence-corrected chi connectivity index (χ2v) is 8.49. The fraction of sp³-hybridized carbons (Fsp3) is 0.368. The van der Waals surface area contributed by atoms with Gasteiger partial charge in [-0.25, -0.2) is 8.42 Å². The number of benzene rings is 2. The molecule has 0 bridgehead atoms. The molecule has 1 aliphatic rings. The van der Waals surface area contributed by atoms with E-state index < -0.39 is 21.8 Å². The summed E-state index contributed by atoms with van der Waals surface area (Å²) < 4.78 is 64.6. The Balaban J connectivity index is 1.58. The molecule has 0 amide bonds. The van der Waals surface area contributed by atoms with E-state index in [1.165, 1.54) is 10.4 Å². The molecule has 0 aliphatic carbocycles. The summed E-state index contributed by atoms with van der Waals surface area (Å²) in [6, 6.07) is 11.8. The summed E-state index contributed by atoms with van der Waals surface area (Å²) in [5.41, 5.74) is 0.735. The van der Waals surface area contributed by atoms with Crippen molar-refractivity contribution in [3.63, 3.8) is 0 Å². The number of nitrogens with zero attached hydrogens (tertiary/aromatic N) is 1. The van der Waals surface area contributed by atoms with E-state index in [2.05, 4.69) is 5.32 Å². The minimum Gasteiger partial charge on any atom is -0.309 e. The average molecular weight is 398 g/mol. The highest BCUT2D eigenvalue weighted by atomic mass is 32.2. The molecule has 0 atom stereocenters. The van der Waals surface area contributed by atoms with Crippen LogP contribution in [0.2, 0.25) is 0 Å². The molecule has 1 saturated heterocycles. The number of rotatable bonds is 6. The first kappa shape index (κ1) is 19.9. The van der Waals surface area contributed by atoms with Crippen LogP contribution in [0.1, 0.15) is 29.5 Å². The van der Waals surface area contributed by atoms with E-state index in [-0.39, 0.29) is 11.4 Å². The third kappa shape index (κ3) is 4.88. The van der Waals surface area contributed by atoms with Gasteiger partial charge in [-0.05, 0) is 42.2 Å². The van der Waals surface area contributed by atoms with E-state index in [4.69, 9.17) is 0 Å². The minimum atomic E-state index is -4.35. The molecule has 1 N–H and O–H groups in total. The Bertz CT molecular complexity index is 875. The second kappa shape index (κ2) is 8.00.